The summed E-state index contributed by atoms with van der Waals surface area (Å²) in [5, 5.41) is 18.8. The second kappa shape index (κ2) is 5.53. The number of aromatic amines is 1. The summed E-state index contributed by atoms with van der Waals surface area (Å²) in [7, 11) is 0. The summed E-state index contributed by atoms with van der Waals surface area (Å²) in [6.45, 7) is 0. The number of aromatic nitrogens is 4. The summed E-state index contributed by atoms with van der Waals surface area (Å²) >= 11 is 0. The Labute approximate surface area is 128 Å². The highest BCUT2D eigenvalue weighted by Gasteiger charge is 2.32. The molecule has 2 heterocycles. The zero-order valence-electron chi connectivity index (χ0n) is 11.5. The van der Waals surface area contributed by atoms with Crippen molar-refractivity contribution >= 4 is 0 Å². The molecule has 0 unspecified atom stereocenters. The fourth-order valence-electron chi connectivity index (χ4n) is 2.06. The Morgan fingerprint density at radius 2 is 1.70 bits per heavy atom. The summed E-state index contributed by atoms with van der Waals surface area (Å²) in [6.07, 6.45) is -4.49. The van der Waals surface area contributed by atoms with Gasteiger partial charge in [-0.2, -0.15) is 18.4 Å². The van der Waals surface area contributed by atoms with Crippen LogP contribution in [0.15, 0.2) is 42.5 Å². The molecule has 2 aromatic heterocycles. The molecule has 0 radical (unpaired) electrons. The zero-order chi connectivity index (χ0) is 16.4. The molecule has 0 aliphatic rings. The van der Waals surface area contributed by atoms with Gasteiger partial charge < -0.3 is 0 Å². The van der Waals surface area contributed by atoms with E-state index < -0.39 is 11.9 Å². The quantitative estimate of drug-likeness (QED) is 0.786. The Hall–Kier alpha value is -3.21. The van der Waals surface area contributed by atoms with Crippen molar-refractivity contribution in [2.24, 2.45) is 0 Å². The van der Waals surface area contributed by atoms with Crippen LogP contribution in [-0.4, -0.2) is 20.4 Å². The van der Waals surface area contributed by atoms with Gasteiger partial charge in [0.25, 0.3) is 0 Å². The maximum absolute atomic E-state index is 12.7. The van der Waals surface area contributed by atoms with Crippen molar-refractivity contribution in [1.29, 1.82) is 5.26 Å². The van der Waals surface area contributed by atoms with Crippen LogP contribution in [0.25, 0.3) is 22.5 Å². The third-order valence-corrected chi connectivity index (χ3v) is 3.15. The van der Waals surface area contributed by atoms with Gasteiger partial charge >= 0.3 is 6.18 Å². The number of nitrogens with zero attached hydrogens (tertiary/aromatic N) is 4. The lowest BCUT2D eigenvalue weighted by molar-refractivity contribution is -0.141. The van der Waals surface area contributed by atoms with Gasteiger partial charge in [0, 0.05) is 11.1 Å². The first-order valence-electron chi connectivity index (χ1n) is 6.45. The number of benzene rings is 1. The minimum absolute atomic E-state index is 0.215. The molecule has 0 atom stereocenters. The van der Waals surface area contributed by atoms with E-state index in [0.717, 1.165) is 6.07 Å². The van der Waals surface area contributed by atoms with Crippen LogP contribution in [-0.2, 0) is 6.18 Å². The van der Waals surface area contributed by atoms with E-state index in [1.807, 2.05) is 6.07 Å². The smallest absolute Gasteiger partial charge is 0.247 e. The van der Waals surface area contributed by atoms with E-state index in [0.29, 0.717) is 16.8 Å². The average Bonchev–Trinajstić information content (AvgIpc) is 3.03. The highest BCUT2D eigenvalue weighted by atomic mass is 19.4. The number of hydrogen-bond donors (Lipinski definition) is 1. The van der Waals surface area contributed by atoms with E-state index in [4.69, 9.17) is 5.26 Å². The molecule has 0 aliphatic heterocycles. The van der Waals surface area contributed by atoms with Crippen molar-refractivity contribution < 1.29 is 13.2 Å². The second-order valence-corrected chi connectivity index (χ2v) is 4.63. The van der Waals surface area contributed by atoms with E-state index in [2.05, 4.69) is 20.4 Å². The third kappa shape index (κ3) is 2.89. The van der Waals surface area contributed by atoms with Crippen LogP contribution in [0.5, 0.6) is 0 Å². The molecule has 0 amide bonds. The van der Waals surface area contributed by atoms with Crippen LogP contribution in [0.3, 0.4) is 0 Å². The van der Waals surface area contributed by atoms with Crippen molar-refractivity contribution in [3.63, 3.8) is 0 Å². The summed E-state index contributed by atoms with van der Waals surface area (Å²) in [5.74, 6) is 0. The molecule has 0 bridgehead atoms. The molecule has 1 N–H and O–H groups in total. The van der Waals surface area contributed by atoms with E-state index in [9.17, 15) is 13.2 Å². The number of H-pyrrole nitrogens is 1. The van der Waals surface area contributed by atoms with Crippen LogP contribution in [0, 0.1) is 11.3 Å². The fourth-order valence-corrected chi connectivity index (χ4v) is 2.06. The Balaban J connectivity index is 1.96. The molecule has 23 heavy (non-hydrogen) atoms. The molecule has 1 aromatic carbocycles. The Morgan fingerprint density at radius 1 is 1.00 bits per heavy atom. The summed E-state index contributed by atoms with van der Waals surface area (Å²) in [4.78, 5) is 3.63. The highest BCUT2D eigenvalue weighted by Crippen LogP contribution is 2.30. The molecule has 3 aromatic rings. The maximum atomic E-state index is 12.7. The number of rotatable bonds is 2. The van der Waals surface area contributed by atoms with Crippen LogP contribution in [0.4, 0.5) is 13.2 Å². The first kappa shape index (κ1) is 14.7. The van der Waals surface area contributed by atoms with Gasteiger partial charge in [-0.1, -0.05) is 35.5 Å². The number of nitriles is 1. The largest absolute Gasteiger partial charge is 0.433 e. The third-order valence-electron chi connectivity index (χ3n) is 3.15. The summed E-state index contributed by atoms with van der Waals surface area (Å²) in [6, 6.07) is 12.2. The van der Waals surface area contributed by atoms with Crippen LogP contribution >= 0.6 is 0 Å². The van der Waals surface area contributed by atoms with Crippen LogP contribution < -0.4 is 0 Å². The molecule has 8 heteroatoms. The number of pyridine rings is 1. The van der Waals surface area contributed by atoms with E-state index in [1.54, 1.807) is 24.3 Å². The second-order valence-electron chi connectivity index (χ2n) is 4.63. The van der Waals surface area contributed by atoms with Crippen molar-refractivity contribution in [3.05, 3.63) is 53.9 Å². The number of alkyl halides is 3. The molecule has 0 saturated carbocycles. The van der Waals surface area contributed by atoms with Gasteiger partial charge in [0.1, 0.15) is 17.5 Å². The lowest BCUT2D eigenvalue weighted by Gasteiger charge is -2.08. The standard InChI is InChI=1S/C15H8F3N5/c16-15(17,18)13-3-1-2-11(20-13)9-4-6-10(7-5-9)14-12(8-19)21-23-22-14/h1-7H,(H,21,22,23). The highest BCUT2D eigenvalue weighted by molar-refractivity contribution is 5.69. The van der Waals surface area contributed by atoms with Crippen molar-refractivity contribution in [2.75, 3.05) is 0 Å². The van der Waals surface area contributed by atoms with E-state index in [1.165, 1.54) is 12.1 Å². The maximum Gasteiger partial charge on any atom is 0.433 e. The van der Waals surface area contributed by atoms with E-state index >= 15 is 0 Å². The normalized spacial score (nSPS) is 11.2. The van der Waals surface area contributed by atoms with Crippen LogP contribution in [0.1, 0.15) is 11.4 Å². The predicted molar refractivity (Wildman–Crippen MR) is 74.8 cm³/mol. The first-order valence-corrected chi connectivity index (χ1v) is 6.45. The van der Waals surface area contributed by atoms with Gasteiger partial charge in [-0.15, -0.1) is 5.10 Å². The number of hydrogen-bond acceptors (Lipinski definition) is 4. The molecule has 114 valence electrons. The molecule has 0 aliphatic carbocycles. The van der Waals surface area contributed by atoms with Gasteiger partial charge in [0.2, 0.25) is 0 Å². The van der Waals surface area contributed by atoms with Gasteiger partial charge in [0.15, 0.2) is 5.69 Å². The lowest BCUT2D eigenvalue weighted by atomic mass is 10.1. The predicted octanol–water partition coefficient (Wildman–Crippen LogP) is 3.42. The molecule has 0 saturated heterocycles. The summed E-state index contributed by atoms with van der Waals surface area (Å²) in [5.41, 5.74) is 1.04. The SMILES string of the molecule is N#Cc1[nH]nnc1-c1ccc(-c2cccc(C(F)(F)F)n2)cc1. The monoisotopic (exact) mass is 315 g/mol. The minimum Gasteiger partial charge on any atom is -0.247 e. The van der Waals surface area contributed by atoms with Crippen molar-refractivity contribution in [3.8, 4) is 28.6 Å². The molecule has 3 rings (SSSR count). The lowest BCUT2D eigenvalue weighted by Crippen LogP contribution is -2.07. The average molecular weight is 315 g/mol. The van der Waals surface area contributed by atoms with Gasteiger partial charge in [-0.05, 0) is 12.1 Å². The molecular formula is C15H8F3N5. The number of halogens is 3. The molecular weight excluding hydrogens is 307 g/mol. The van der Waals surface area contributed by atoms with Gasteiger partial charge in [-0.3, -0.25) is 0 Å². The zero-order valence-corrected chi connectivity index (χ0v) is 11.5. The minimum atomic E-state index is -4.49. The Morgan fingerprint density at radius 3 is 2.35 bits per heavy atom. The Kier molecular flexibility index (Phi) is 3.54. The van der Waals surface area contributed by atoms with E-state index in [-0.39, 0.29) is 11.4 Å². The van der Waals surface area contributed by atoms with Crippen molar-refractivity contribution in [2.45, 2.75) is 6.18 Å². The summed E-state index contributed by atoms with van der Waals surface area (Å²) < 4.78 is 38.1. The molecule has 5 nitrogen and oxygen atoms in total. The van der Waals surface area contributed by atoms with Crippen LogP contribution in [0.2, 0.25) is 0 Å². The van der Waals surface area contributed by atoms with Gasteiger partial charge in [0.05, 0.1) is 5.69 Å². The molecule has 0 spiro atoms. The number of nitrogens with one attached hydrogen (secondary N) is 1. The topological polar surface area (TPSA) is 78.2 Å². The Bertz CT molecular complexity index is 875. The van der Waals surface area contributed by atoms with Crippen molar-refractivity contribution in [1.82, 2.24) is 20.4 Å². The first-order chi connectivity index (χ1) is 11.0. The molecule has 0 fully saturated rings. The fraction of sp³-hybridized carbons (Fsp3) is 0.0667. The van der Waals surface area contributed by atoms with Gasteiger partial charge in [-0.25, -0.2) is 10.1 Å².